The number of anilines is 1. The van der Waals surface area contributed by atoms with E-state index in [1.807, 2.05) is 0 Å². The van der Waals surface area contributed by atoms with Crippen LogP contribution in [0.4, 0.5) is 5.82 Å². The molecule has 88 valence electrons. The highest BCUT2D eigenvalue weighted by Crippen LogP contribution is 2.17. The van der Waals surface area contributed by atoms with E-state index < -0.39 is 0 Å². The van der Waals surface area contributed by atoms with E-state index in [0.29, 0.717) is 18.6 Å². The lowest BCUT2D eigenvalue weighted by Crippen LogP contribution is -2.07. The number of carbonyl (C=O) groups excluding carboxylic acids is 1. The van der Waals surface area contributed by atoms with E-state index in [-0.39, 0.29) is 17.3 Å². The number of aromatic nitrogens is 2. The molecule has 6 heteroatoms. The van der Waals surface area contributed by atoms with E-state index in [2.05, 4.69) is 15.3 Å². The number of hydrogen-bond acceptors (Lipinski definition) is 5. The predicted octanol–water partition coefficient (Wildman–Crippen LogP) is 1.52. The summed E-state index contributed by atoms with van der Waals surface area (Å²) in [5, 5.41) is 11.8. The molecule has 0 saturated carbocycles. The van der Waals surface area contributed by atoms with E-state index in [4.69, 9.17) is 16.7 Å². The molecule has 0 fully saturated rings. The maximum atomic E-state index is 10.7. The molecule has 0 unspecified atom stereocenters. The van der Waals surface area contributed by atoms with Gasteiger partial charge < -0.3 is 10.4 Å². The maximum Gasteiger partial charge on any atom is 0.156 e. The van der Waals surface area contributed by atoms with Crippen molar-refractivity contribution < 1.29 is 9.90 Å². The zero-order valence-electron chi connectivity index (χ0n) is 8.82. The molecule has 0 amide bonds. The van der Waals surface area contributed by atoms with Crippen molar-refractivity contribution in [3.05, 3.63) is 17.0 Å². The summed E-state index contributed by atoms with van der Waals surface area (Å²) in [5.74, 6) is 0.457. The molecule has 0 aliphatic rings. The third kappa shape index (κ3) is 3.75. The van der Waals surface area contributed by atoms with Crippen molar-refractivity contribution in [1.29, 1.82) is 0 Å². The quantitative estimate of drug-likeness (QED) is 0.431. The Hall–Kier alpha value is -1.20. The van der Waals surface area contributed by atoms with Crippen LogP contribution in [0.3, 0.4) is 0 Å². The Labute approximate surface area is 98.9 Å². The number of aldehydes is 1. The molecule has 0 radical (unpaired) electrons. The molecule has 0 saturated heterocycles. The molecule has 0 atom stereocenters. The van der Waals surface area contributed by atoms with Crippen LogP contribution in [0.5, 0.6) is 0 Å². The number of carbonyl (C=O) groups is 1. The fourth-order valence-electron chi connectivity index (χ4n) is 1.24. The van der Waals surface area contributed by atoms with Gasteiger partial charge in [-0.25, -0.2) is 9.97 Å². The van der Waals surface area contributed by atoms with Crippen LogP contribution in [-0.4, -0.2) is 34.5 Å². The van der Waals surface area contributed by atoms with Crippen LogP contribution in [-0.2, 0) is 0 Å². The Morgan fingerprint density at radius 3 is 2.88 bits per heavy atom. The minimum Gasteiger partial charge on any atom is -0.396 e. The topological polar surface area (TPSA) is 75.1 Å². The molecule has 0 aliphatic carbocycles. The molecule has 1 aromatic heterocycles. The molecular weight excluding hydrogens is 230 g/mol. The number of halogens is 1. The summed E-state index contributed by atoms with van der Waals surface area (Å²) >= 11 is 5.74. The van der Waals surface area contributed by atoms with E-state index in [0.717, 1.165) is 19.3 Å². The van der Waals surface area contributed by atoms with Crippen LogP contribution in [0.1, 0.15) is 29.6 Å². The van der Waals surface area contributed by atoms with Gasteiger partial charge in [-0.2, -0.15) is 0 Å². The van der Waals surface area contributed by atoms with Gasteiger partial charge in [0.2, 0.25) is 0 Å². The SMILES string of the molecule is O=Cc1c(Cl)ncnc1NCCCCCO. The highest BCUT2D eigenvalue weighted by atomic mass is 35.5. The van der Waals surface area contributed by atoms with Crippen LogP contribution in [0.25, 0.3) is 0 Å². The molecule has 5 nitrogen and oxygen atoms in total. The number of nitrogens with zero attached hydrogens (tertiary/aromatic N) is 2. The standard InChI is InChI=1S/C10H14ClN3O2/c11-9-8(6-16)10(14-7-13-9)12-4-2-1-3-5-15/h6-7,15H,1-5H2,(H,12,13,14). The summed E-state index contributed by atoms with van der Waals surface area (Å²) in [4.78, 5) is 18.4. The summed E-state index contributed by atoms with van der Waals surface area (Å²) in [6.45, 7) is 0.896. The van der Waals surface area contributed by atoms with Crippen LogP contribution < -0.4 is 5.32 Å². The van der Waals surface area contributed by atoms with E-state index in [1.165, 1.54) is 6.33 Å². The number of nitrogens with one attached hydrogen (secondary N) is 1. The Kier molecular flexibility index (Phi) is 5.74. The largest absolute Gasteiger partial charge is 0.396 e. The lowest BCUT2D eigenvalue weighted by atomic mass is 10.2. The van der Waals surface area contributed by atoms with E-state index in [1.54, 1.807) is 0 Å². The van der Waals surface area contributed by atoms with Crippen molar-refractivity contribution in [3.8, 4) is 0 Å². The van der Waals surface area contributed by atoms with E-state index >= 15 is 0 Å². The van der Waals surface area contributed by atoms with Gasteiger partial charge in [0.25, 0.3) is 0 Å². The first-order valence-electron chi connectivity index (χ1n) is 5.10. The molecule has 1 rings (SSSR count). The molecule has 16 heavy (non-hydrogen) atoms. The fourth-order valence-corrected chi connectivity index (χ4v) is 1.42. The summed E-state index contributed by atoms with van der Waals surface area (Å²) in [7, 11) is 0. The predicted molar refractivity (Wildman–Crippen MR) is 61.9 cm³/mol. The highest BCUT2D eigenvalue weighted by molar-refractivity contribution is 6.32. The third-order valence-corrected chi connectivity index (χ3v) is 2.38. The zero-order chi connectivity index (χ0) is 11.8. The molecular formula is C10H14ClN3O2. The average Bonchev–Trinajstić information content (AvgIpc) is 2.29. The van der Waals surface area contributed by atoms with Gasteiger partial charge in [0.15, 0.2) is 6.29 Å². The van der Waals surface area contributed by atoms with E-state index in [9.17, 15) is 4.79 Å². The second-order valence-electron chi connectivity index (χ2n) is 3.26. The summed E-state index contributed by atoms with van der Waals surface area (Å²) in [6, 6.07) is 0. The molecule has 0 bridgehead atoms. The smallest absolute Gasteiger partial charge is 0.156 e. The van der Waals surface area contributed by atoms with Crippen molar-refractivity contribution in [2.24, 2.45) is 0 Å². The van der Waals surface area contributed by atoms with Gasteiger partial charge in [-0.05, 0) is 19.3 Å². The monoisotopic (exact) mass is 243 g/mol. The van der Waals surface area contributed by atoms with Crippen molar-refractivity contribution in [1.82, 2.24) is 9.97 Å². The fraction of sp³-hybridized carbons (Fsp3) is 0.500. The van der Waals surface area contributed by atoms with Gasteiger partial charge in [-0.1, -0.05) is 11.6 Å². The van der Waals surface area contributed by atoms with Gasteiger partial charge in [-0.3, -0.25) is 4.79 Å². The zero-order valence-corrected chi connectivity index (χ0v) is 9.57. The molecule has 1 aromatic rings. The minimum atomic E-state index is 0.155. The van der Waals surface area contributed by atoms with Crippen LogP contribution in [0.2, 0.25) is 5.15 Å². The Morgan fingerprint density at radius 1 is 1.38 bits per heavy atom. The second-order valence-corrected chi connectivity index (χ2v) is 3.61. The number of hydrogen-bond donors (Lipinski definition) is 2. The second kappa shape index (κ2) is 7.14. The number of unbranched alkanes of at least 4 members (excludes halogenated alkanes) is 2. The minimum absolute atomic E-state index is 0.155. The van der Waals surface area contributed by atoms with Gasteiger partial charge in [0, 0.05) is 13.2 Å². The van der Waals surface area contributed by atoms with Crippen LogP contribution in [0.15, 0.2) is 6.33 Å². The molecule has 0 spiro atoms. The Bertz CT molecular complexity index is 347. The number of aliphatic hydroxyl groups excluding tert-OH is 1. The van der Waals surface area contributed by atoms with Crippen molar-refractivity contribution in [2.75, 3.05) is 18.5 Å². The maximum absolute atomic E-state index is 10.7. The summed E-state index contributed by atoms with van der Waals surface area (Å²) in [6.07, 6.45) is 4.57. The third-order valence-electron chi connectivity index (χ3n) is 2.08. The first-order chi connectivity index (χ1) is 7.79. The number of rotatable bonds is 7. The molecule has 2 N–H and O–H groups in total. The lowest BCUT2D eigenvalue weighted by molar-refractivity contribution is 0.112. The van der Waals surface area contributed by atoms with Crippen molar-refractivity contribution >= 4 is 23.7 Å². The Morgan fingerprint density at radius 2 is 2.19 bits per heavy atom. The van der Waals surface area contributed by atoms with Gasteiger partial charge in [0.05, 0.1) is 5.56 Å². The molecule has 0 aromatic carbocycles. The summed E-state index contributed by atoms with van der Waals surface area (Å²) < 4.78 is 0. The van der Waals surface area contributed by atoms with Gasteiger partial charge in [0.1, 0.15) is 17.3 Å². The Balaban J connectivity index is 2.47. The van der Waals surface area contributed by atoms with Gasteiger partial charge in [-0.15, -0.1) is 0 Å². The van der Waals surface area contributed by atoms with Crippen molar-refractivity contribution in [3.63, 3.8) is 0 Å². The highest BCUT2D eigenvalue weighted by Gasteiger charge is 2.07. The van der Waals surface area contributed by atoms with Crippen LogP contribution >= 0.6 is 11.6 Å². The summed E-state index contributed by atoms with van der Waals surface area (Å²) in [5.41, 5.74) is 0.284. The number of aliphatic hydroxyl groups is 1. The first-order valence-corrected chi connectivity index (χ1v) is 5.47. The molecule has 0 aliphatic heterocycles. The van der Waals surface area contributed by atoms with Crippen molar-refractivity contribution in [2.45, 2.75) is 19.3 Å². The van der Waals surface area contributed by atoms with Gasteiger partial charge >= 0.3 is 0 Å². The normalized spacial score (nSPS) is 10.1. The van der Waals surface area contributed by atoms with Crippen LogP contribution in [0, 0.1) is 0 Å². The molecule has 1 heterocycles. The lowest BCUT2D eigenvalue weighted by Gasteiger charge is -2.07. The average molecular weight is 244 g/mol. The first kappa shape index (κ1) is 12.9.